The third-order valence-corrected chi connectivity index (χ3v) is 5.41. The zero-order chi connectivity index (χ0) is 20.9. The molecule has 156 valence electrons. The number of H-pyrrole nitrogens is 1. The van der Waals surface area contributed by atoms with Gasteiger partial charge in [0.05, 0.1) is 12.9 Å². The van der Waals surface area contributed by atoms with E-state index in [0.29, 0.717) is 25.6 Å². The number of urea groups is 1. The van der Waals surface area contributed by atoms with Gasteiger partial charge in [0.1, 0.15) is 11.6 Å². The van der Waals surface area contributed by atoms with Crippen molar-refractivity contribution in [3.05, 3.63) is 77.6 Å². The lowest BCUT2D eigenvalue weighted by Crippen LogP contribution is -2.39. The summed E-state index contributed by atoms with van der Waals surface area (Å²) in [5.74, 6) is 0.883. The van der Waals surface area contributed by atoms with E-state index in [1.807, 2.05) is 25.3 Å². The van der Waals surface area contributed by atoms with Gasteiger partial charge in [-0.3, -0.25) is 4.90 Å². The number of carbonyl (C=O) groups is 1. The predicted molar refractivity (Wildman–Crippen MR) is 113 cm³/mol. The highest BCUT2D eigenvalue weighted by Crippen LogP contribution is 2.38. The van der Waals surface area contributed by atoms with E-state index >= 15 is 0 Å². The molecular formula is C23H25FN4O2. The first-order valence-corrected chi connectivity index (χ1v) is 10.2. The maximum atomic E-state index is 13.1. The summed E-state index contributed by atoms with van der Waals surface area (Å²) >= 11 is 0. The molecule has 4 rings (SSSR count). The zero-order valence-electron chi connectivity index (χ0n) is 16.9. The van der Waals surface area contributed by atoms with Gasteiger partial charge in [0.2, 0.25) is 0 Å². The Morgan fingerprint density at radius 3 is 2.87 bits per heavy atom. The molecule has 1 aliphatic rings. The largest absolute Gasteiger partial charge is 0.493 e. The number of nitrogens with zero attached hydrogens (tertiary/aromatic N) is 2. The minimum Gasteiger partial charge on any atom is -0.493 e. The molecule has 1 atom stereocenters. The van der Waals surface area contributed by atoms with Gasteiger partial charge in [0.15, 0.2) is 0 Å². The third-order valence-electron chi connectivity index (χ3n) is 5.41. The van der Waals surface area contributed by atoms with E-state index in [0.717, 1.165) is 41.1 Å². The van der Waals surface area contributed by atoms with Crippen LogP contribution >= 0.6 is 0 Å². The third kappa shape index (κ3) is 4.45. The summed E-state index contributed by atoms with van der Waals surface area (Å²) in [5.41, 5.74) is 3.87. The molecule has 2 N–H and O–H groups in total. The van der Waals surface area contributed by atoms with E-state index in [9.17, 15) is 9.18 Å². The van der Waals surface area contributed by atoms with E-state index in [2.05, 4.69) is 21.4 Å². The van der Waals surface area contributed by atoms with Crippen LogP contribution in [0.4, 0.5) is 14.9 Å². The highest BCUT2D eigenvalue weighted by Gasteiger charge is 2.24. The van der Waals surface area contributed by atoms with Gasteiger partial charge in [0.25, 0.3) is 0 Å². The van der Waals surface area contributed by atoms with Crippen LogP contribution in [0.1, 0.15) is 36.1 Å². The van der Waals surface area contributed by atoms with Crippen molar-refractivity contribution in [1.29, 1.82) is 0 Å². The molecule has 0 aliphatic carbocycles. The molecule has 0 radical (unpaired) electrons. The molecule has 0 saturated carbocycles. The summed E-state index contributed by atoms with van der Waals surface area (Å²) < 4.78 is 18.9. The number of amides is 2. The molecule has 0 saturated heterocycles. The van der Waals surface area contributed by atoms with Crippen LogP contribution < -0.4 is 15.0 Å². The second kappa shape index (κ2) is 8.98. The Hall–Kier alpha value is -3.35. The van der Waals surface area contributed by atoms with Crippen molar-refractivity contribution in [3.63, 3.8) is 0 Å². The molecule has 6 nitrogen and oxygen atoms in total. The topological polar surface area (TPSA) is 70.2 Å². The van der Waals surface area contributed by atoms with Crippen molar-refractivity contribution in [2.45, 2.75) is 32.2 Å². The van der Waals surface area contributed by atoms with Gasteiger partial charge in [-0.1, -0.05) is 12.1 Å². The number of fused-ring (bicyclic) bond motifs is 1. The lowest BCUT2D eigenvalue weighted by molar-refractivity contribution is 0.246. The van der Waals surface area contributed by atoms with Gasteiger partial charge < -0.3 is 15.0 Å². The molecule has 2 aromatic carbocycles. The summed E-state index contributed by atoms with van der Waals surface area (Å²) in [5, 5.41) is 2.92. The van der Waals surface area contributed by atoms with Crippen LogP contribution in [0.15, 0.2) is 55.0 Å². The monoisotopic (exact) mass is 408 g/mol. The molecule has 0 fully saturated rings. The molecule has 0 spiro atoms. The quantitative estimate of drug-likeness (QED) is 0.635. The van der Waals surface area contributed by atoms with E-state index in [1.54, 1.807) is 23.4 Å². The Morgan fingerprint density at radius 1 is 1.30 bits per heavy atom. The lowest BCUT2D eigenvalue weighted by Gasteiger charge is -2.28. The van der Waals surface area contributed by atoms with Gasteiger partial charge in [-0.25, -0.2) is 14.2 Å². The lowest BCUT2D eigenvalue weighted by atomic mass is 9.89. The molecule has 1 unspecified atom stereocenters. The highest BCUT2D eigenvalue weighted by molar-refractivity contribution is 5.92. The van der Waals surface area contributed by atoms with E-state index < -0.39 is 0 Å². The number of hydrogen-bond donors (Lipinski definition) is 2. The number of carbonyl (C=O) groups excluding carboxylic acids is 1. The second-order valence-electron chi connectivity index (χ2n) is 7.37. The molecule has 0 bridgehead atoms. The highest BCUT2D eigenvalue weighted by atomic mass is 19.1. The standard InChI is InChI=1S/C23H25FN4O2/c1-2-28(23(29)26-13-16-3-5-18(24)6-4-16)20-7-8-22-21(12-20)17(9-10-30-22)11-19-14-25-15-27-19/h3-8,12,14-15,17H,2,9-11,13H2,1H3,(H,25,27)(H,26,29). The summed E-state index contributed by atoms with van der Waals surface area (Å²) in [6, 6.07) is 11.8. The average Bonchev–Trinajstić information content (AvgIpc) is 3.27. The van der Waals surface area contributed by atoms with Crippen LogP contribution in [0.25, 0.3) is 0 Å². The van der Waals surface area contributed by atoms with Gasteiger partial charge in [-0.2, -0.15) is 0 Å². The SMILES string of the molecule is CCN(C(=O)NCc1ccc(F)cc1)c1ccc2c(c1)C(Cc1cnc[nH]1)CCO2. The Labute approximate surface area is 175 Å². The van der Waals surface area contributed by atoms with Gasteiger partial charge >= 0.3 is 6.03 Å². The van der Waals surface area contributed by atoms with Crippen LogP contribution in [0.3, 0.4) is 0 Å². The summed E-state index contributed by atoms with van der Waals surface area (Å²) in [6.45, 7) is 3.49. The van der Waals surface area contributed by atoms with Crippen molar-refractivity contribution >= 4 is 11.7 Å². The molecule has 1 aliphatic heterocycles. The molecule has 3 aromatic rings. The molecule has 1 aromatic heterocycles. The Bertz CT molecular complexity index is 989. The van der Waals surface area contributed by atoms with Crippen LogP contribution in [-0.2, 0) is 13.0 Å². The predicted octanol–water partition coefficient (Wildman–Crippen LogP) is 4.39. The Kier molecular flexibility index (Phi) is 5.97. The average molecular weight is 408 g/mol. The fraction of sp³-hybridized carbons (Fsp3) is 0.304. The number of aromatic nitrogens is 2. The van der Waals surface area contributed by atoms with Crippen molar-refractivity contribution in [2.75, 3.05) is 18.1 Å². The molecule has 2 amide bonds. The minimum atomic E-state index is -0.291. The number of aromatic amines is 1. The number of imidazole rings is 1. The number of anilines is 1. The zero-order valence-corrected chi connectivity index (χ0v) is 16.9. The van der Waals surface area contributed by atoms with Crippen molar-refractivity contribution in [2.24, 2.45) is 0 Å². The molecule has 7 heteroatoms. The summed E-state index contributed by atoms with van der Waals surface area (Å²) in [6.07, 6.45) is 5.30. The maximum absolute atomic E-state index is 13.1. The fourth-order valence-electron chi connectivity index (χ4n) is 3.81. The Balaban J connectivity index is 1.50. The van der Waals surface area contributed by atoms with Crippen LogP contribution in [0.5, 0.6) is 5.75 Å². The first-order valence-electron chi connectivity index (χ1n) is 10.2. The van der Waals surface area contributed by atoms with E-state index in [1.165, 1.54) is 12.1 Å². The Morgan fingerprint density at radius 2 is 2.13 bits per heavy atom. The van der Waals surface area contributed by atoms with Gasteiger partial charge in [-0.05, 0) is 67.1 Å². The molecule has 30 heavy (non-hydrogen) atoms. The van der Waals surface area contributed by atoms with Crippen molar-refractivity contribution < 1.29 is 13.9 Å². The fourth-order valence-corrected chi connectivity index (χ4v) is 3.81. The minimum absolute atomic E-state index is 0.191. The normalized spacial score (nSPS) is 15.2. The molecular weight excluding hydrogens is 383 g/mol. The number of nitrogens with one attached hydrogen (secondary N) is 2. The number of hydrogen-bond acceptors (Lipinski definition) is 3. The second-order valence-corrected chi connectivity index (χ2v) is 7.37. The molecule has 2 heterocycles. The van der Waals surface area contributed by atoms with Crippen molar-refractivity contribution in [1.82, 2.24) is 15.3 Å². The van der Waals surface area contributed by atoms with E-state index in [-0.39, 0.29) is 11.8 Å². The number of ether oxygens (including phenoxy) is 1. The summed E-state index contributed by atoms with van der Waals surface area (Å²) in [7, 11) is 0. The van der Waals surface area contributed by atoms with Crippen molar-refractivity contribution in [3.8, 4) is 5.75 Å². The maximum Gasteiger partial charge on any atom is 0.322 e. The van der Waals surface area contributed by atoms with Crippen LogP contribution in [-0.4, -0.2) is 29.2 Å². The van der Waals surface area contributed by atoms with Gasteiger partial charge in [-0.15, -0.1) is 0 Å². The van der Waals surface area contributed by atoms with E-state index in [4.69, 9.17) is 4.74 Å². The van der Waals surface area contributed by atoms with Crippen LogP contribution in [0, 0.1) is 5.82 Å². The smallest absolute Gasteiger partial charge is 0.322 e. The summed E-state index contributed by atoms with van der Waals surface area (Å²) in [4.78, 5) is 21.8. The first-order chi connectivity index (χ1) is 14.6. The number of benzene rings is 2. The number of halogens is 1. The number of rotatable bonds is 6. The van der Waals surface area contributed by atoms with Crippen LogP contribution in [0.2, 0.25) is 0 Å². The first kappa shape index (κ1) is 19.9. The van der Waals surface area contributed by atoms with Gasteiger partial charge in [0, 0.05) is 30.7 Å².